The summed E-state index contributed by atoms with van der Waals surface area (Å²) in [6, 6.07) is 3.32. The maximum absolute atomic E-state index is 14.3. The van der Waals surface area contributed by atoms with Gasteiger partial charge < -0.3 is 14.4 Å². The van der Waals surface area contributed by atoms with Crippen molar-refractivity contribution in [2.45, 2.75) is 32.2 Å². The quantitative estimate of drug-likeness (QED) is 0.794. The largest absolute Gasteiger partial charge is 0.494 e. The van der Waals surface area contributed by atoms with Gasteiger partial charge in [-0.15, -0.1) is 0 Å². The summed E-state index contributed by atoms with van der Waals surface area (Å²) in [5.74, 6) is -0.572. The van der Waals surface area contributed by atoms with E-state index in [4.69, 9.17) is 9.47 Å². The lowest BCUT2D eigenvalue weighted by Gasteiger charge is -2.30. The fourth-order valence-electron chi connectivity index (χ4n) is 3.76. The number of methoxy groups -OCH3 is 2. The number of fused-ring (bicyclic) bond motifs is 1. The molecule has 5 nitrogen and oxygen atoms in total. The van der Waals surface area contributed by atoms with Gasteiger partial charge in [0, 0.05) is 13.1 Å². The lowest BCUT2D eigenvalue weighted by molar-refractivity contribution is -0.146. The van der Waals surface area contributed by atoms with Crippen LogP contribution in [0.1, 0.15) is 41.6 Å². The molecule has 1 aliphatic carbocycles. The minimum atomic E-state index is -0.572. The second kappa shape index (κ2) is 6.79. The molecule has 0 saturated heterocycles. The Morgan fingerprint density at radius 2 is 1.96 bits per heavy atom. The van der Waals surface area contributed by atoms with E-state index in [1.54, 1.807) is 17.0 Å². The molecule has 0 aromatic heterocycles. The van der Waals surface area contributed by atoms with E-state index in [0.717, 1.165) is 25.7 Å². The Kier molecular flexibility index (Phi) is 4.73. The number of esters is 1. The van der Waals surface area contributed by atoms with Crippen molar-refractivity contribution in [1.82, 2.24) is 4.90 Å². The highest BCUT2D eigenvalue weighted by molar-refractivity contribution is 5.99. The van der Waals surface area contributed by atoms with Gasteiger partial charge in [-0.1, -0.05) is 6.07 Å². The first kappa shape index (κ1) is 16.7. The molecule has 0 atom stereocenters. The van der Waals surface area contributed by atoms with Crippen LogP contribution in [-0.4, -0.2) is 37.5 Å². The molecule has 1 saturated carbocycles. The molecular formula is C18H22FNO4. The van der Waals surface area contributed by atoms with E-state index in [-0.39, 0.29) is 29.1 Å². The molecule has 0 spiro atoms. The van der Waals surface area contributed by atoms with E-state index < -0.39 is 5.82 Å². The molecule has 1 fully saturated rings. The van der Waals surface area contributed by atoms with Crippen LogP contribution in [0.15, 0.2) is 12.1 Å². The number of hydrogen-bond donors (Lipinski definition) is 0. The van der Waals surface area contributed by atoms with Gasteiger partial charge in [0.05, 0.1) is 25.7 Å². The van der Waals surface area contributed by atoms with Gasteiger partial charge >= 0.3 is 5.97 Å². The van der Waals surface area contributed by atoms with Crippen molar-refractivity contribution in [3.63, 3.8) is 0 Å². The molecule has 1 amide bonds. The zero-order valence-corrected chi connectivity index (χ0v) is 14.0. The van der Waals surface area contributed by atoms with E-state index in [2.05, 4.69) is 0 Å². The lowest BCUT2D eigenvalue weighted by Crippen LogP contribution is -2.33. The molecule has 1 aromatic carbocycles. The van der Waals surface area contributed by atoms with Crippen molar-refractivity contribution in [1.29, 1.82) is 0 Å². The van der Waals surface area contributed by atoms with Crippen LogP contribution in [0.5, 0.6) is 5.75 Å². The van der Waals surface area contributed by atoms with Crippen LogP contribution >= 0.6 is 0 Å². The van der Waals surface area contributed by atoms with Gasteiger partial charge in [-0.2, -0.15) is 0 Å². The van der Waals surface area contributed by atoms with E-state index in [1.807, 2.05) is 0 Å². The van der Waals surface area contributed by atoms with E-state index in [1.165, 1.54) is 14.2 Å². The van der Waals surface area contributed by atoms with Crippen LogP contribution < -0.4 is 4.74 Å². The predicted molar refractivity (Wildman–Crippen MR) is 85.2 cm³/mol. The minimum absolute atomic E-state index is 0.0283. The van der Waals surface area contributed by atoms with Crippen LogP contribution in [-0.2, 0) is 16.1 Å². The molecule has 24 heavy (non-hydrogen) atoms. The second-order valence-electron chi connectivity index (χ2n) is 6.54. The van der Waals surface area contributed by atoms with Crippen LogP contribution in [0, 0.1) is 17.7 Å². The monoisotopic (exact) mass is 335 g/mol. The molecule has 1 aliphatic heterocycles. The summed E-state index contributed by atoms with van der Waals surface area (Å²) in [6.45, 7) is 1.04. The molecule has 0 radical (unpaired) electrons. The average molecular weight is 335 g/mol. The number of benzene rings is 1. The van der Waals surface area contributed by atoms with Gasteiger partial charge in [0.25, 0.3) is 5.91 Å². The first-order chi connectivity index (χ1) is 11.5. The number of amides is 1. The minimum Gasteiger partial charge on any atom is -0.494 e. The molecule has 0 N–H and O–H groups in total. The maximum Gasteiger partial charge on any atom is 0.308 e. The van der Waals surface area contributed by atoms with E-state index >= 15 is 0 Å². The summed E-state index contributed by atoms with van der Waals surface area (Å²) in [5.41, 5.74) is 0.846. The van der Waals surface area contributed by atoms with Crippen molar-refractivity contribution < 1.29 is 23.5 Å². The van der Waals surface area contributed by atoms with Gasteiger partial charge in [-0.25, -0.2) is 4.39 Å². The third kappa shape index (κ3) is 2.97. The summed E-state index contributed by atoms with van der Waals surface area (Å²) in [7, 11) is 2.80. The van der Waals surface area contributed by atoms with Gasteiger partial charge in [-0.05, 0) is 43.2 Å². The zero-order valence-electron chi connectivity index (χ0n) is 14.0. The van der Waals surface area contributed by atoms with Crippen molar-refractivity contribution in [2.75, 3.05) is 20.8 Å². The van der Waals surface area contributed by atoms with Crippen molar-refractivity contribution in [2.24, 2.45) is 11.8 Å². The van der Waals surface area contributed by atoms with E-state index in [9.17, 15) is 14.0 Å². The number of carbonyl (C=O) groups excluding carboxylic acids is 2. The number of nitrogens with zero attached hydrogens (tertiary/aromatic N) is 1. The molecule has 1 aromatic rings. The van der Waals surface area contributed by atoms with Crippen LogP contribution in [0.4, 0.5) is 4.39 Å². The first-order valence-corrected chi connectivity index (χ1v) is 8.27. The highest BCUT2D eigenvalue weighted by Gasteiger charge is 2.35. The molecule has 1 heterocycles. The van der Waals surface area contributed by atoms with Gasteiger partial charge in [0.2, 0.25) is 0 Å². The van der Waals surface area contributed by atoms with Gasteiger partial charge in [0.1, 0.15) is 0 Å². The molecule has 130 valence electrons. The number of ether oxygens (including phenoxy) is 2. The van der Waals surface area contributed by atoms with Crippen LogP contribution in [0.2, 0.25) is 0 Å². The second-order valence-corrected chi connectivity index (χ2v) is 6.54. The fourth-order valence-corrected chi connectivity index (χ4v) is 3.76. The Bertz CT molecular complexity index is 653. The molecule has 3 rings (SSSR count). The summed E-state index contributed by atoms with van der Waals surface area (Å²) >= 11 is 0. The normalized spacial score (nSPS) is 23.1. The topological polar surface area (TPSA) is 55.8 Å². The van der Waals surface area contributed by atoms with Crippen molar-refractivity contribution >= 4 is 11.9 Å². The third-order valence-corrected chi connectivity index (χ3v) is 5.13. The molecule has 6 heteroatoms. The Labute approximate surface area is 140 Å². The summed E-state index contributed by atoms with van der Waals surface area (Å²) in [4.78, 5) is 25.8. The van der Waals surface area contributed by atoms with Crippen molar-refractivity contribution in [3.8, 4) is 5.75 Å². The molecular weight excluding hydrogens is 313 g/mol. The summed E-state index contributed by atoms with van der Waals surface area (Å²) < 4.78 is 24.1. The maximum atomic E-state index is 14.3. The first-order valence-electron chi connectivity index (χ1n) is 8.27. The molecule has 0 unspecified atom stereocenters. The Balaban J connectivity index is 1.63. The summed E-state index contributed by atoms with van der Waals surface area (Å²) in [5, 5.41) is 0. The number of rotatable bonds is 4. The predicted octanol–water partition coefficient (Wildman–Crippen LogP) is 2.77. The molecule has 0 bridgehead atoms. The smallest absolute Gasteiger partial charge is 0.308 e. The summed E-state index contributed by atoms with van der Waals surface area (Å²) in [6.07, 6.45) is 3.33. The van der Waals surface area contributed by atoms with Crippen molar-refractivity contribution in [3.05, 3.63) is 29.1 Å². The third-order valence-electron chi connectivity index (χ3n) is 5.13. The highest BCUT2D eigenvalue weighted by Crippen LogP contribution is 2.34. The Morgan fingerprint density at radius 3 is 2.58 bits per heavy atom. The van der Waals surface area contributed by atoms with E-state index in [0.29, 0.717) is 24.6 Å². The Hall–Kier alpha value is -2.11. The highest BCUT2D eigenvalue weighted by atomic mass is 19.1. The number of carbonyl (C=O) groups is 2. The fraction of sp³-hybridized carbons (Fsp3) is 0.556. The zero-order chi connectivity index (χ0) is 17.3. The standard InChI is InChI=1S/C18H22FNO4/c1-23-14-8-7-13-10-20(17(21)15(13)16(14)19)9-11-3-5-12(6-4-11)18(22)24-2/h7-8,11-12H,3-6,9-10H2,1-2H3/t11-,12-. The number of halogens is 1. The van der Waals surface area contributed by atoms with Crippen LogP contribution in [0.25, 0.3) is 0 Å². The lowest BCUT2D eigenvalue weighted by atomic mass is 9.82. The molecule has 2 aliphatic rings. The SMILES string of the molecule is COc1ccc2c(c1F)C(=O)N(C[C@H]1CC[C@H](C(=O)OC)CC1)C2. The van der Waals surface area contributed by atoms with Gasteiger partial charge in [-0.3, -0.25) is 9.59 Å². The number of hydrogen-bond acceptors (Lipinski definition) is 4. The van der Waals surface area contributed by atoms with Gasteiger partial charge in [0.15, 0.2) is 11.6 Å². The van der Waals surface area contributed by atoms with Crippen LogP contribution in [0.3, 0.4) is 0 Å². The average Bonchev–Trinajstić information content (AvgIpc) is 2.92. The Morgan fingerprint density at radius 1 is 1.25 bits per heavy atom.